The normalized spacial score (nSPS) is 10.6. The molecule has 0 atom stereocenters. The molecular formula is C10H9IN2O2. The topological polar surface area (TPSA) is 53.0 Å². The first-order valence-corrected chi connectivity index (χ1v) is 5.49. The molecule has 78 valence electrons. The lowest BCUT2D eigenvalue weighted by atomic mass is 10.1. The molecule has 0 N–H and O–H groups in total. The Morgan fingerprint density at radius 1 is 1.40 bits per heavy atom. The molecule has 0 aliphatic heterocycles. The maximum Gasteiger partial charge on any atom is 0.298 e. The molecule has 2 rings (SSSR count). The van der Waals surface area contributed by atoms with E-state index in [1.165, 1.54) is 4.68 Å². The quantitative estimate of drug-likeness (QED) is 0.588. The van der Waals surface area contributed by atoms with Crippen molar-refractivity contribution in [2.24, 2.45) is 0 Å². The molecular weight excluding hydrogens is 307 g/mol. The first-order valence-electron chi connectivity index (χ1n) is 4.42. The molecule has 1 heterocycles. The minimum absolute atomic E-state index is 0.406. The molecule has 1 aromatic heterocycles. The van der Waals surface area contributed by atoms with Crippen molar-refractivity contribution in [3.05, 3.63) is 33.0 Å². The van der Waals surface area contributed by atoms with Gasteiger partial charge in [-0.2, -0.15) is 0 Å². The third kappa shape index (κ3) is 1.83. The number of benzene rings is 1. The highest BCUT2D eigenvalue weighted by atomic mass is 127. The molecule has 0 spiro atoms. The van der Waals surface area contributed by atoms with Crippen LogP contribution in [0.2, 0.25) is 0 Å². The predicted molar refractivity (Wildman–Crippen MR) is 59.7 cm³/mol. The standard InChI is InChI=1S/C10H9IN2O2/c1-6-3-4-7(2)8(5-6)13-9(11)10(14)15-12-13/h3-5H,1-2H3. The number of hydrogen-bond donors (Lipinski definition) is 0. The van der Waals surface area contributed by atoms with Crippen LogP contribution in [0.15, 0.2) is 22.7 Å². The summed E-state index contributed by atoms with van der Waals surface area (Å²) < 4.78 is 6.57. The Morgan fingerprint density at radius 2 is 2.13 bits per heavy atom. The molecule has 4 nitrogen and oxygen atoms in total. The van der Waals surface area contributed by atoms with E-state index in [4.69, 9.17) is 0 Å². The lowest BCUT2D eigenvalue weighted by molar-refractivity contribution is -0.682. The third-order valence-corrected chi connectivity index (χ3v) is 3.05. The molecule has 0 aliphatic rings. The summed E-state index contributed by atoms with van der Waals surface area (Å²) in [6, 6.07) is 5.98. The van der Waals surface area contributed by atoms with Crippen LogP contribution in [0.1, 0.15) is 11.1 Å². The van der Waals surface area contributed by atoms with Gasteiger partial charge in [0.25, 0.3) is 3.70 Å². The van der Waals surface area contributed by atoms with Crippen molar-refractivity contribution in [2.45, 2.75) is 13.8 Å². The van der Waals surface area contributed by atoms with Gasteiger partial charge in [-0.25, -0.2) is 0 Å². The Balaban J connectivity index is 2.63. The number of aromatic nitrogens is 2. The summed E-state index contributed by atoms with van der Waals surface area (Å²) in [4.78, 5) is 0. The van der Waals surface area contributed by atoms with Crippen LogP contribution in [0.3, 0.4) is 0 Å². The second-order valence-corrected chi connectivity index (χ2v) is 4.37. The molecule has 15 heavy (non-hydrogen) atoms. The summed E-state index contributed by atoms with van der Waals surface area (Å²) in [6.07, 6.45) is 0. The predicted octanol–water partition coefficient (Wildman–Crippen LogP) is 1.25. The number of aryl methyl sites for hydroxylation is 2. The second-order valence-electron chi connectivity index (χ2n) is 3.35. The van der Waals surface area contributed by atoms with E-state index in [1.54, 1.807) is 0 Å². The van der Waals surface area contributed by atoms with E-state index < -0.39 is 5.95 Å². The van der Waals surface area contributed by atoms with Crippen LogP contribution >= 0.6 is 22.6 Å². The molecule has 0 saturated heterocycles. The van der Waals surface area contributed by atoms with Crippen molar-refractivity contribution >= 4 is 22.6 Å². The number of rotatable bonds is 1. The van der Waals surface area contributed by atoms with E-state index in [-0.39, 0.29) is 0 Å². The third-order valence-electron chi connectivity index (χ3n) is 2.15. The molecule has 5 heteroatoms. The molecule has 0 saturated carbocycles. The summed E-state index contributed by atoms with van der Waals surface area (Å²) in [7, 11) is 0. The largest absolute Gasteiger partial charge is 0.538 e. The number of hydrogen-bond acceptors (Lipinski definition) is 3. The smallest absolute Gasteiger partial charge is 0.298 e. The second kappa shape index (κ2) is 3.80. The molecule has 0 unspecified atom stereocenters. The van der Waals surface area contributed by atoms with E-state index in [0.717, 1.165) is 16.8 Å². The summed E-state index contributed by atoms with van der Waals surface area (Å²) in [6.45, 7) is 3.96. The Labute approximate surface area is 101 Å². The Morgan fingerprint density at radius 3 is 2.73 bits per heavy atom. The van der Waals surface area contributed by atoms with Crippen molar-refractivity contribution in [3.63, 3.8) is 0 Å². The van der Waals surface area contributed by atoms with Gasteiger partial charge in [0.1, 0.15) is 0 Å². The highest BCUT2D eigenvalue weighted by Crippen LogP contribution is 2.15. The van der Waals surface area contributed by atoms with E-state index in [1.807, 2.05) is 54.6 Å². The summed E-state index contributed by atoms with van der Waals surface area (Å²) in [5.74, 6) is -0.406. The fourth-order valence-corrected chi connectivity index (χ4v) is 1.78. The summed E-state index contributed by atoms with van der Waals surface area (Å²) in [5.41, 5.74) is 3.05. The van der Waals surface area contributed by atoms with Gasteiger partial charge in [-0.05, 0) is 24.1 Å². The van der Waals surface area contributed by atoms with Gasteiger partial charge in [0.2, 0.25) is 5.69 Å². The zero-order valence-corrected chi connectivity index (χ0v) is 10.5. The first kappa shape index (κ1) is 10.4. The first-order chi connectivity index (χ1) is 7.09. The van der Waals surface area contributed by atoms with E-state index in [0.29, 0.717) is 3.70 Å². The van der Waals surface area contributed by atoms with Crippen molar-refractivity contribution < 1.29 is 14.3 Å². The van der Waals surface area contributed by atoms with E-state index >= 15 is 0 Å². The molecule has 0 amide bonds. The van der Waals surface area contributed by atoms with Crippen LogP contribution in [-0.4, -0.2) is 5.27 Å². The lowest BCUT2D eigenvalue weighted by Gasteiger charge is -1.97. The van der Waals surface area contributed by atoms with Crippen LogP contribution in [0.5, 0.6) is 5.95 Å². The minimum atomic E-state index is -0.406. The summed E-state index contributed by atoms with van der Waals surface area (Å²) >= 11 is 1.93. The van der Waals surface area contributed by atoms with E-state index in [9.17, 15) is 5.11 Å². The van der Waals surface area contributed by atoms with Gasteiger partial charge >= 0.3 is 0 Å². The van der Waals surface area contributed by atoms with Crippen LogP contribution in [0.25, 0.3) is 5.69 Å². The average Bonchev–Trinajstić information content (AvgIpc) is 2.52. The average molecular weight is 316 g/mol. The zero-order valence-electron chi connectivity index (χ0n) is 8.32. The monoisotopic (exact) mass is 316 g/mol. The molecule has 0 bridgehead atoms. The molecule has 2 aromatic rings. The Kier molecular flexibility index (Phi) is 2.64. The lowest BCUT2D eigenvalue weighted by Crippen LogP contribution is -2.36. The SMILES string of the molecule is Cc1ccc(C)c(-[n+]2noc([O-])c2I)c1. The van der Waals surface area contributed by atoms with E-state index in [2.05, 4.69) is 9.79 Å². The van der Waals surface area contributed by atoms with Crippen LogP contribution < -0.4 is 9.79 Å². The van der Waals surface area contributed by atoms with Gasteiger partial charge in [-0.15, -0.1) is 0 Å². The highest BCUT2D eigenvalue weighted by molar-refractivity contribution is 14.1. The number of nitrogens with zero attached hydrogens (tertiary/aromatic N) is 2. The van der Waals surface area contributed by atoms with Crippen molar-refractivity contribution in [2.75, 3.05) is 0 Å². The van der Waals surface area contributed by atoms with Crippen molar-refractivity contribution in [1.82, 2.24) is 5.27 Å². The fourth-order valence-electron chi connectivity index (χ4n) is 1.34. The number of halogens is 1. The Hall–Kier alpha value is -1.11. The maximum atomic E-state index is 11.2. The minimum Gasteiger partial charge on any atom is -0.538 e. The van der Waals surface area contributed by atoms with Gasteiger partial charge in [-0.1, -0.05) is 12.1 Å². The highest BCUT2D eigenvalue weighted by Gasteiger charge is 2.19. The van der Waals surface area contributed by atoms with Crippen LogP contribution in [0.4, 0.5) is 0 Å². The van der Waals surface area contributed by atoms with Crippen LogP contribution in [-0.2, 0) is 0 Å². The molecule has 0 fully saturated rings. The van der Waals surface area contributed by atoms with Crippen molar-refractivity contribution in [3.8, 4) is 11.6 Å². The van der Waals surface area contributed by atoms with Gasteiger partial charge in [0.15, 0.2) is 5.95 Å². The van der Waals surface area contributed by atoms with Gasteiger partial charge in [-0.3, -0.25) is 0 Å². The molecule has 0 aliphatic carbocycles. The van der Waals surface area contributed by atoms with Gasteiger partial charge in [0, 0.05) is 34.2 Å². The van der Waals surface area contributed by atoms with Gasteiger partial charge in [0.05, 0.1) is 5.27 Å². The Bertz CT molecular complexity index is 508. The molecule has 1 aromatic carbocycles. The van der Waals surface area contributed by atoms with Crippen LogP contribution in [0, 0.1) is 17.5 Å². The zero-order chi connectivity index (χ0) is 11.0. The molecule has 0 radical (unpaired) electrons. The summed E-state index contributed by atoms with van der Waals surface area (Å²) in [5, 5.41) is 14.9. The van der Waals surface area contributed by atoms with Crippen molar-refractivity contribution in [1.29, 1.82) is 0 Å². The maximum absolute atomic E-state index is 11.2. The fraction of sp³-hybridized carbons (Fsp3) is 0.200. The van der Waals surface area contributed by atoms with Gasteiger partial charge < -0.3 is 9.63 Å².